The third-order valence-corrected chi connectivity index (χ3v) is 14.9. The largest absolute Gasteiger partial charge is 0.472 e. The molecule has 6 rings (SSSR count). The first-order valence-corrected chi connectivity index (χ1v) is 19.1. The third-order valence-electron chi connectivity index (χ3n) is 14.9. The Labute approximate surface area is 294 Å². The summed E-state index contributed by atoms with van der Waals surface area (Å²) in [6, 6.07) is 4.15. The van der Waals surface area contributed by atoms with Crippen LogP contribution >= 0.6 is 0 Å². The number of ether oxygens (including phenoxy) is 2. The molecule has 0 amide bonds. The summed E-state index contributed by atoms with van der Waals surface area (Å²) < 4.78 is 22.4. The highest BCUT2D eigenvalue weighted by Crippen LogP contribution is 2.63. The van der Waals surface area contributed by atoms with Gasteiger partial charge in [-0.05, 0) is 157 Å². The van der Waals surface area contributed by atoms with Gasteiger partial charge in [-0.3, -0.25) is 9.59 Å². The van der Waals surface area contributed by atoms with E-state index in [1.807, 2.05) is 12.5 Å². The highest BCUT2D eigenvalue weighted by Gasteiger charge is 2.55. The zero-order chi connectivity index (χ0) is 34.9. The topological polar surface area (TPSA) is 78.9 Å². The summed E-state index contributed by atoms with van der Waals surface area (Å²) >= 11 is 0. The van der Waals surface area contributed by atoms with E-state index >= 15 is 0 Å². The second-order valence-electron chi connectivity index (χ2n) is 17.2. The summed E-state index contributed by atoms with van der Waals surface area (Å²) in [5, 5.41) is 0. The van der Waals surface area contributed by atoms with E-state index in [0.717, 1.165) is 77.0 Å². The molecule has 0 aliphatic heterocycles. The van der Waals surface area contributed by atoms with Gasteiger partial charge in [0.05, 0.1) is 25.1 Å². The Morgan fingerprint density at radius 2 is 1.12 bits per heavy atom. The lowest BCUT2D eigenvalue weighted by Crippen LogP contribution is -2.50. The smallest absolute Gasteiger partial charge is 0.317 e. The minimum Gasteiger partial charge on any atom is -0.472 e. The number of hydrogen-bond acceptors (Lipinski definition) is 6. The van der Waals surface area contributed by atoms with Gasteiger partial charge >= 0.3 is 11.9 Å². The predicted molar refractivity (Wildman–Crippen MR) is 191 cm³/mol. The third kappa shape index (κ3) is 7.00. The molecule has 8 atom stereocenters. The fraction of sp³-hybridized carbons (Fsp3) is 0.674. The number of carbonyl (C=O) groups excluding carboxylic acids is 2. The molecular weight excluding hydrogens is 612 g/mol. The quantitative estimate of drug-likeness (QED) is 0.127. The summed E-state index contributed by atoms with van der Waals surface area (Å²) in [6.45, 7) is 15.1. The molecule has 0 unspecified atom stereocenters. The molecule has 0 spiro atoms. The summed E-state index contributed by atoms with van der Waals surface area (Å²) in [6.07, 6.45) is 24.6. The van der Waals surface area contributed by atoms with Crippen LogP contribution in [0.2, 0.25) is 0 Å². The number of furan rings is 2. The van der Waals surface area contributed by atoms with Gasteiger partial charge in [0.1, 0.15) is 19.6 Å². The molecular formula is C43H60O6. The van der Waals surface area contributed by atoms with Crippen LogP contribution in [0.3, 0.4) is 0 Å². The van der Waals surface area contributed by atoms with Crippen LogP contribution in [-0.4, -0.2) is 25.2 Å². The lowest BCUT2D eigenvalue weighted by atomic mass is 9.47. The second kappa shape index (κ2) is 14.3. The van der Waals surface area contributed by atoms with Crippen molar-refractivity contribution in [2.45, 2.75) is 125 Å². The van der Waals surface area contributed by atoms with E-state index in [-0.39, 0.29) is 41.3 Å². The van der Waals surface area contributed by atoms with E-state index in [0.29, 0.717) is 23.7 Å². The van der Waals surface area contributed by atoms with Crippen molar-refractivity contribution in [2.75, 3.05) is 13.2 Å². The van der Waals surface area contributed by atoms with Crippen LogP contribution in [0.4, 0.5) is 0 Å². The van der Waals surface area contributed by atoms with Crippen LogP contribution in [0.1, 0.15) is 123 Å². The molecule has 0 N–H and O–H groups in total. The predicted octanol–water partition coefficient (Wildman–Crippen LogP) is 10.5. The Hall–Kier alpha value is -3.02. The van der Waals surface area contributed by atoms with E-state index in [1.165, 1.54) is 22.3 Å². The Bertz CT molecular complexity index is 1390. The maximum Gasteiger partial charge on any atom is 0.317 e. The Kier molecular flexibility index (Phi) is 10.5. The second-order valence-corrected chi connectivity index (χ2v) is 17.2. The average Bonchev–Trinajstić information content (AvgIpc) is 3.81. The van der Waals surface area contributed by atoms with E-state index < -0.39 is 11.9 Å². The van der Waals surface area contributed by atoms with Gasteiger partial charge in [0.15, 0.2) is 0 Å². The Balaban J connectivity index is 1.02. The van der Waals surface area contributed by atoms with Gasteiger partial charge in [0.25, 0.3) is 0 Å². The monoisotopic (exact) mass is 672 g/mol. The lowest BCUT2D eigenvalue weighted by Gasteiger charge is -2.58. The molecule has 2 heterocycles. The first-order chi connectivity index (χ1) is 23.4. The number of rotatable bonds is 12. The molecule has 4 aliphatic rings. The minimum atomic E-state index is -0.497. The molecule has 4 aliphatic carbocycles. The van der Waals surface area contributed by atoms with E-state index in [4.69, 9.17) is 18.3 Å². The molecule has 0 aromatic carbocycles. The van der Waals surface area contributed by atoms with Crippen LogP contribution in [0, 0.1) is 45.3 Å². The zero-order valence-electron chi connectivity index (χ0n) is 31.0. The Morgan fingerprint density at radius 1 is 0.694 bits per heavy atom. The van der Waals surface area contributed by atoms with Crippen molar-refractivity contribution in [3.63, 3.8) is 0 Å². The van der Waals surface area contributed by atoms with Gasteiger partial charge in [-0.25, -0.2) is 0 Å². The maximum absolute atomic E-state index is 13.0. The molecule has 2 aromatic heterocycles. The first-order valence-electron chi connectivity index (χ1n) is 19.1. The van der Waals surface area contributed by atoms with Crippen molar-refractivity contribution in [1.82, 2.24) is 0 Å². The zero-order valence-corrected chi connectivity index (χ0v) is 31.0. The molecule has 2 saturated carbocycles. The first kappa shape index (κ1) is 35.8. The molecule has 6 heteroatoms. The molecule has 6 nitrogen and oxygen atoms in total. The maximum atomic E-state index is 13.0. The van der Waals surface area contributed by atoms with E-state index in [2.05, 4.69) is 65.8 Å². The lowest BCUT2D eigenvalue weighted by molar-refractivity contribution is -0.154. The normalized spacial score (nSPS) is 35.8. The number of fused-ring (bicyclic) bond motifs is 2. The minimum absolute atomic E-state index is 0.0132. The van der Waals surface area contributed by atoms with Gasteiger partial charge in [-0.2, -0.15) is 0 Å². The molecule has 2 fully saturated rings. The summed E-state index contributed by atoms with van der Waals surface area (Å²) in [5.74, 6) is 1.29. The van der Waals surface area contributed by atoms with E-state index in [1.54, 1.807) is 12.5 Å². The fourth-order valence-electron chi connectivity index (χ4n) is 11.1. The highest BCUT2D eigenvalue weighted by molar-refractivity contribution is 5.91. The number of carbonyl (C=O) groups is 2. The average molecular weight is 673 g/mol. The fourth-order valence-corrected chi connectivity index (χ4v) is 11.1. The van der Waals surface area contributed by atoms with Crippen LogP contribution in [0.5, 0.6) is 0 Å². The van der Waals surface area contributed by atoms with Crippen molar-refractivity contribution < 1.29 is 27.9 Å². The van der Waals surface area contributed by atoms with Gasteiger partial charge in [-0.15, -0.1) is 0 Å². The van der Waals surface area contributed by atoms with Crippen LogP contribution in [-0.2, 0) is 31.9 Å². The number of allylic oxidation sites excluding steroid dienone is 2. The SMILES string of the molecule is C[C@@H]1CC[C@@]2(C)C(COC(=O)CC(=O)OCC3=CCC[C@@H]4[C@@](C)(CCc5ccoc5)[C@H](C)CC[C@@]34C)=CCC[C@@H]2[C@@]1(C)CCc1ccoc1. The van der Waals surface area contributed by atoms with Crippen molar-refractivity contribution in [2.24, 2.45) is 45.3 Å². The standard InChI is InChI=1S/C43H60O6/c1-30-13-19-42(5)34(9-7-11-36(42)40(30,3)21-15-32-17-23-46-26-32)28-48-38(44)25-39(45)49-29-35-10-8-12-37-41(4,22-16-33-18-24-47-27-33)31(2)14-20-43(35,37)6/h9-10,17-18,23-24,26-27,30-31,36-37H,7-8,11-16,19-22,25,28-29H2,1-6H3/t30-,31-,36-,37-,40+,41+,42+,43+/m1/s1. The van der Waals surface area contributed by atoms with Gasteiger partial charge in [0.2, 0.25) is 0 Å². The number of aryl methyl sites for hydroxylation is 2. The molecule has 2 aromatic rings. The van der Waals surface area contributed by atoms with Crippen molar-refractivity contribution >= 4 is 11.9 Å². The highest BCUT2D eigenvalue weighted by atomic mass is 16.6. The van der Waals surface area contributed by atoms with Crippen molar-refractivity contribution in [3.05, 3.63) is 71.6 Å². The molecule has 268 valence electrons. The number of hydrogen-bond donors (Lipinski definition) is 0. The molecule has 0 bridgehead atoms. The van der Waals surface area contributed by atoms with E-state index in [9.17, 15) is 9.59 Å². The van der Waals surface area contributed by atoms with Crippen LogP contribution < -0.4 is 0 Å². The molecule has 49 heavy (non-hydrogen) atoms. The van der Waals surface area contributed by atoms with Crippen molar-refractivity contribution in [3.8, 4) is 0 Å². The van der Waals surface area contributed by atoms with Gasteiger partial charge < -0.3 is 18.3 Å². The summed E-state index contributed by atoms with van der Waals surface area (Å²) in [4.78, 5) is 26.1. The van der Waals surface area contributed by atoms with Crippen molar-refractivity contribution in [1.29, 1.82) is 0 Å². The summed E-state index contributed by atoms with van der Waals surface area (Å²) in [7, 11) is 0. The molecule has 0 radical (unpaired) electrons. The summed E-state index contributed by atoms with van der Waals surface area (Å²) in [5.41, 5.74) is 5.32. The Morgan fingerprint density at radius 3 is 1.51 bits per heavy atom. The van der Waals surface area contributed by atoms with Gasteiger partial charge in [-0.1, -0.05) is 53.7 Å². The van der Waals surface area contributed by atoms with Crippen LogP contribution in [0.25, 0.3) is 0 Å². The molecule has 0 saturated heterocycles. The number of esters is 2. The van der Waals surface area contributed by atoms with Crippen LogP contribution in [0.15, 0.2) is 69.3 Å². The van der Waals surface area contributed by atoms with Gasteiger partial charge in [0, 0.05) is 0 Å².